The Morgan fingerprint density at radius 3 is 2.67 bits per heavy atom. The molecule has 0 aliphatic heterocycles. The highest BCUT2D eigenvalue weighted by Gasteiger charge is 2.28. The number of amides is 1. The maximum Gasteiger partial charge on any atom is 0.321 e. The Morgan fingerprint density at radius 1 is 1.21 bits per heavy atom. The first-order valence-electron chi connectivity index (χ1n) is 11.8. The Bertz CT molecular complexity index is 1180. The number of aliphatic hydroxyl groups is 1. The number of anilines is 1. The second-order valence-corrected chi connectivity index (χ2v) is 9.53. The highest BCUT2D eigenvalue weighted by molar-refractivity contribution is 6.04. The van der Waals surface area contributed by atoms with Crippen molar-refractivity contribution < 1.29 is 19.4 Å². The smallest absolute Gasteiger partial charge is 0.321 e. The third-order valence-corrected chi connectivity index (χ3v) is 6.53. The van der Waals surface area contributed by atoms with Crippen LogP contribution in [-0.2, 0) is 0 Å². The molecule has 0 atom stereocenters. The van der Waals surface area contributed by atoms with Crippen LogP contribution < -0.4 is 14.8 Å². The van der Waals surface area contributed by atoms with Crippen molar-refractivity contribution in [3.8, 4) is 5.75 Å². The van der Waals surface area contributed by atoms with Crippen molar-refractivity contribution in [3.05, 3.63) is 53.1 Å². The van der Waals surface area contributed by atoms with Crippen LogP contribution in [0.15, 0.2) is 36.5 Å². The summed E-state index contributed by atoms with van der Waals surface area (Å²) in [7, 11) is 0. The quantitative estimate of drug-likeness (QED) is 0.435. The van der Waals surface area contributed by atoms with Crippen LogP contribution in [0, 0.1) is 5.21 Å². The van der Waals surface area contributed by atoms with Crippen LogP contribution >= 0.6 is 0 Å². The molecule has 1 aromatic carbocycles. The van der Waals surface area contributed by atoms with E-state index in [9.17, 15) is 15.1 Å². The van der Waals surface area contributed by atoms with Gasteiger partial charge in [-0.05, 0) is 50.7 Å². The van der Waals surface area contributed by atoms with Crippen molar-refractivity contribution in [2.24, 2.45) is 0 Å². The number of nitrogens with one attached hydrogen (secondary N) is 1. The number of benzene rings is 1. The molecule has 0 bridgehead atoms. The molecule has 174 valence electrons. The van der Waals surface area contributed by atoms with Crippen LogP contribution in [-0.4, -0.2) is 33.0 Å². The number of nitrogens with zero attached hydrogens (tertiary/aromatic N) is 3. The molecular formula is C25H30N4O4. The molecule has 8 nitrogen and oxygen atoms in total. The van der Waals surface area contributed by atoms with Crippen molar-refractivity contribution >= 4 is 22.5 Å². The molecule has 1 amide bonds. The summed E-state index contributed by atoms with van der Waals surface area (Å²) in [6.45, 7) is 3.84. The fourth-order valence-corrected chi connectivity index (χ4v) is 4.44. The highest BCUT2D eigenvalue weighted by Crippen LogP contribution is 2.36. The normalized spacial score (nSPS) is 20.8. The van der Waals surface area contributed by atoms with Crippen LogP contribution in [0.1, 0.15) is 80.5 Å². The first kappa shape index (κ1) is 21.7. The fourth-order valence-electron chi connectivity index (χ4n) is 4.44. The van der Waals surface area contributed by atoms with Crippen LogP contribution in [0.5, 0.6) is 5.75 Å². The molecule has 2 heterocycles. The SMILES string of the molecule is CC(C)c1cccc(C(=O)Nc2cc3cn(C4CCC(O)CC4)nc3cc2OC2CC2)[n+]1[O-]. The van der Waals surface area contributed by atoms with Gasteiger partial charge in [-0.15, -0.1) is 0 Å². The van der Waals surface area contributed by atoms with Gasteiger partial charge in [-0.2, -0.15) is 9.83 Å². The molecular weight excluding hydrogens is 420 g/mol. The van der Waals surface area contributed by atoms with Crippen LogP contribution in [0.2, 0.25) is 0 Å². The van der Waals surface area contributed by atoms with E-state index in [4.69, 9.17) is 9.84 Å². The monoisotopic (exact) mass is 450 g/mol. The number of hydrogen-bond donors (Lipinski definition) is 2. The first-order valence-corrected chi connectivity index (χ1v) is 11.8. The van der Waals surface area contributed by atoms with Crippen LogP contribution in [0.3, 0.4) is 0 Å². The molecule has 0 spiro atoms. The number of hydrogen-bond acceptors (Lipinski definition) is 5. The van der Waals surface area contributed by atoms with Crippen LogP contribution in [0.4, 0.5) is 5.69 Å². The van der Waals surface area contributed by atoms with Gasteiger partial charge >= 0.3 is 5.91 Å². The van der Waals surface area contributed by atoms with E-state index >= 15 is 0 Å². The van der Waals surface area contributed by atoms with Gasteiger partial charge in [-0.25, -0.2) is 0 Å². The molecule has 2 saturated carbocycles. The highest BCUT2D eigenvalue weighted by atomic mass is 16.5. The van der Waals surface area contributed by atoms with Crippen LogP contribution in [0.25, 0.3) is 10.9 Å². The summed E-state index contributed by atoms with van der Waals surface area (Å²) in [5, 5.41) is 31.1. The van der Waals surface area contributed by atoms with Crippen molar-refractivity contribution in [3.63, 3.8) is 0 Å². The van der Waals surface area contributed by atoms with Gasteiger partial charge in [-0.3, -0.25) is 9.48 Å². The van der Waals surface area contributed by atoms with Gasteiger partial charge in [0.1, 0.15) is 5.75 Å². The minimum absolute atomic E-state index is 0.00657. The van der Waals surface area contributed by atoms with Crippen molar-refractivity contribution in [2.45, 2.75) is 76.5 Å². The third-order valence-electron chi connectivity index (χ3n) is 6.53. The van der Waals surface area contributed by atoms with E-state index in [1.807, 2.05) is 36.9 Å². The third kappa shape index (κ3) is 4.53. The molecule has 2 N–H and O–H groups in total. The van der Waals surface area contributed by atoms with Gasteiger partial charge in [0, 0.05) is 35.7 Å². The lowest BCUT2D eigenvalue weighted by Crippen LogP contribution is -2.41. The average molecular weight is 451 g/mol. The van der Waals surface area contributed by atoms with Gasteiger partial charge in [-0.1, -0.05) is 13.8 Å². The number of carbonyl (C=O) groups excluding carboxylic acids is 1. The summed E-state index contributed by atoms with van der Waals surface area (Å²) >= 11 is 0. The van der Waals surface area contributed by atoms with E-state index in [2.05, 4.69) is 5.32 Å². The van der Waals surface area contributed by atoms with Gasteiger partial charge in [0.2, 0.25) is 0 Å². The molecule has 2 aliphatic rings. The molecule has 2 aliphatic carbocycles. The Hall–Kier alpha value is -3.13. The lowest BCUT2D eigenvalue weighted by atomic mass is 9.93. The number of pyridine rings is 1. The van der Waals surface area contributed by atoms with Gasteiger partial charge < -0.3 is 20.4 Å². The van der Waals surface area contributed by atoms with E-state index < -0.39 is 5.91 Å². The summed E-state index contributed by atoms with van der Waals surface area (Å²) < 4.78 is 8.76. The Morgan fingerprint density at radius 2 is 1.97 bits per heavy atom. The predicted octanol–water partition coefficient (Wildman–Crippen LogP) is 4.06. The summed E-state index contributed by atoms with van der Waals surface area (Å²) in [4.78, 5) is 13.1. The van der Waals surface area contributed by atoms with E-state index in [1.54, 1.807) is 12.1 Å². The minimum atomic E-state index is -0.471. The maximum absolute atomic E-state index is 13.1. The fraction of sp³-hybridized carbons (Fsp3) is 0.480. The van der Waals surface area contributed by atoms with E-state index in [1.165, 1.54) is 6.07 Å². The number of fused-ring (bicyclic) bond motifs is 1. The second-order valence-electron chi connectivity index (χ2n) is 9.53. The van der Waals surface area contributed by atoms with E-state index in [0.29, 0.717) is 21.9 Å². The topological polar surface area (TPSA) is 103 Å². The zero-order chi connectivity index (χ0) is 23.1. The molecule has 8 heteroatoms. The number of rotatable bonds is 6. The number of aliphatic hydroxyl groups excluding tert-OH is 1. The molecule has 2 fully saturated rings. The Kier molecular flexibility index (Phi) is 5.70. The van der Waals surface area contributed by atoms with E-state index in [0.717, 1.165) is 49.4 Å². The molecule has 33 heavy (non-hydrogen) atoms. The zero-order valence-corrected chi connectivity index (χ0v) is 19.0. The average Bonchev–Trinajstić information content (AvgIpc) is 3.51. The first-order chi connectivity index (χ1) is 15.9. The van der Waals surface area contributed by atoms with Crippen molar-refractivity contribution in [1.29, 1.82) is 0 Å². The minimum Gasteiger partial charge on any atom is -0.618 e. The molecule has 2 aromatic heterocycles. The lowest BCUT2D eigenvalue weighted by molar-refractivity contribution is -0.617. The molecule has 0 radical (unpaired) electrons. The molecule has 5 rings (SSSR count). The van der Waals surface area contributed by atoms with Gasteiger partial charge in [0.05, 0.1) is 29.5 Å². The standard InChI is InChI=1S/C25H30N4O4/c1-15(2)22-4-3-5-23(29(22)32)25(31)26-21-12-16-14-28(17-6-8-18(30)9-7-17)27-20(16)13-24(21)33-19-10-11-19/h3-5,12-15,17-19,30H,6-11H2,1-2H3,(H,26,31). The Labute approximate surface area is 192 Å². The lowest BCUT2D eigenvalue weighted by Gasteiger charge is -2.25. The summed E-state index contributed by atoms with van der Waals surface area (Å²) in [5.41, 5.74) is 1.94. The zero-order valence-electron chi connectivity index (χ0n) is 19.0. The summed E-state index contributed by atoms with van der Waals surface area (Å²) in [6, 6.07) is 8.99. The molecule has 0 unspecified atom stereocenters. The number of aromatic nitrogens is 3. The Balaban J connectivity index is 1.46. The summed E-state index contributed by atoms with van der Waals surface area (Å²) in [5.74, 6) is 0.105. The van der Waals surface area contributed by atoms with Gasteiger partial charge in [0.25, 0.3) is 5.69 Å². The number of carbonyl (C=O) groups is 1. The number of ether oxygens (including phenoxy) is 1. The molecule has 3 aromatic rings. The predicted molar refractivity (Wildman–Crippen MR) is 124 cm³/mol. The van der Waals surface area contributed by atoms with Crippen molar-refractivity contribution in [1.82, 2.24) is 9.78 Å². The van der Waals surface area contributed by atoms with Gasteiger partial charge in [0.15, 0.2) is 5.69 Å². The second kappa shape index (κ2) is 8.67. The largest absolute Gasteiger partial charge is 0.618 e. The maximum atomic E-state index is 13.1. The van der Waals surface area contributed by atoms with E-state index in [-0.39, 0.29) is 29.9 Å². The molecule has 0 saturated heterocycles. The summed E-state index contributed by atoms with van der Waals surface area (Å²) in [6.07, 6.45) is 7.23. The van der Waals surface area contributed by atoms with Crippen molar-refractivity contribution in [2.75, 3.05) is 5.32 Å².